The van der Waals surface area contributed by atoms with Gasteiger partial charge in [0.1, 0.15) is 6.17 Å². The highest BCUT2D eigenvalue weighted by atomic mass is 35.5. The maximum atomic E-state index is 12.8. The maximum Gasteiger partial charge on any atom is 0.242 e. The molecule has 4 nitrogen and oxygen atoms in total. The molecule has 0 spiro atoms. The molecule has 0 aromatic heterocycles. The molecule has 0 radical (unpaired) electrons. The summed E-state index contributed by atoms with van der Waals surface area (Å²) in [5.41, 5.74) is 0.631. The summed E-state index contributed by atoms with van der Waals surface area (Å²) in [5, 5.41) is 0. The van der Waals surface area contributed by atoms with Crippen LogP contribution in [0.5, 0.6) is 0 Å². The van der Waals surface area contributed by atoms with Gasteiger partial charge in [-0.3, -0.25) is 4.90 Å². The van der Waals surface area contributed by atoms with Crippen molar-refractivity contribution in [3.63, 3.8) is 0 Å². The number of sulfonamides is 1. The predicted octanol–water partition coefficient (Wildman–Crippen LogP) is 3.96. The Morgan fingerprint density at radius 2 is 1.44 bits per heavy atom. The molecule has 0 saturated carbocycles. The van der Waals surface area contributed by atoms with Gasteiger partial charge in [-0.25, -0.2) is 8.42 Å². The van der Waals surface area contributed by atoms with Gasteiger partial charge in [0, 0.05) is 0 Å². The first-order chi connectivity index (χ1) is 11.8. The molecule has 0 bridgehead atoms. The Balaban J connectivity index is 2.44. The van der Waals surface area contributed by atoms with Crippen LogP contribution in [0.3, 0.4) is 0 Å². The monoisotopic (exact) mass is 400 g/mol. The molecule has 7 heteroatoms. The van der Waals surface area contributed by atoms with Gasteiger partial charge in [0.15, 0.2) is 4.33 Å². The minimum absolute atomic E-state index is 0.171. The third-order valence-electron chi connectivity index (χ3n) is 4.00. The van der Waals surface area contributed by atoms with E-state index in [0.717, 1.165) is 0 Å². The first-order valence-corrected chi connectivity index (χ1v) is 10.3. The lowest BCUT2D eigenvalue weighted by molar-refractivity contribution is 0.187. The quantitative estimate of drug-likeness (QED) is 0.538. The second-order valence-electron chi connectivity index (χ2n) is 5.55. The second kappa shape index (κ2) is 8.52. The third-order valence-corrected chi connectivity index (χ3v) is 6.28. The molecule has 0 heterocycles. The second-order valence-corrected chi connectivity index (χ2v) is 8.65. The fourth-order valence-corrected chi connectivity index (χ4v) is 4.64. The van der Waals surface area contributed by atoms with Crippen LogP contribution >= 0.6 is 23.2 Å². The van der Waals surface area contributed by atoms with Gasteiger partial charge in [-0.05, 0) is 30.8 Å². The molecule has 0 fully saturated rings. The number of likely N-dealkylation sites (N-methyl/N-ethyl adjacent to an activating group) is 1. The molecule has 0 aliphatic heterocycles. The fourth-order valence-electron chi connectivity index (χ4n) is 2.60. The Morgan fingerprint density at radius 1 is 0.960 bits per heavy atom. The molecule has 2 aromatic carbocycles. The average Bonchev–Trinajstić information content (AvgIpc) is 2.63. The molecule has 0 aliphatic rings. The first kappa shape index (κ1) is 20.2. The summed E-state index contributed by atoms with van der Waals surface area (Å²) in [6, 6.07) is 17.2. The molecule has 136 valence electrons. The summed E-state index contributed by atoms with van der Waals surface area (Å²) in [5.74, 6) is 0. The highest BCUT2D eigenvalue weighted by Crippen LogP contribution is 2.39. The van der Waals surface area contributed by atoms with E-state index in [1.165, 1.54) is 12.1 Å². The van der Waals surface area contributed by atoms with Crippen LogP contribution in [-0.2, 0) is 14.4 Å². The highest BCUT2D eigenvalue weighted by Gasteiger charge is 2.42. The van der Waals surface area contributed by atoms with E-state index < -0.39 is 20.5 Å². The van der Waals surface area contributed by atoms with Crippen molar-refractivity contribution in [2.45, 2.75) is 29.2 Å². The number of halogens is 2. The standard InChI is InChI=1S/C18H22Cl2N2O2S/c1-3-22(4-2)17(18(19,20)15-11-7-5-8-12-15)21-25(23,24)16-13-9-6-10-14-16/h5-14,17,21H,3-4H2,1-2H3. The predicted molar refractivity (Wildman–Crippen MR) is 103 cm³/mol. The molecule has 0 amide bonds. The molecular formula is C18H22Cl2N2O2S. The summed E-state index contributed by atoms with van der Waals surface area (Å²) >= 11 is 13.3. The normalized spacial score (nSPS) is 13.8. The summed E-state index contributed by atoms with van der Waals surface area (Å²) in [6.45, 7) is 5.04. The zero-order valence-electron chi connectivity index (χ0n) is 14.2. The van der Waals surface area contributed by atoms with Crippen LogP contribution in [0.4, 0.5) is 0 Å². The Kier molecular flexibility index (Phi) is 6.88. The number of rotatable bonds is 8. The molecule has 25 heavy (non-hydrogen) atoms. The Morgan fingerprint density at radius 3 is 1.92 bits per heavy atom. The number of nitrogens with zero attached hydrogens (tertiary/aromatic N) is 1. The van der Waals surface area contributed by atoms with Crippen LogP contribution in [0.2, 0.25) is 0 Å². The SMILES string of the molecule is CCN(CC)C(NS(=O)(=O)c1ccccc1)C(Cl)(Cl)c1ccccc1. The summed E-state index contributed by atoms with van der Waals surface area (Å²) in [7, 11) is -3.78. The van der Waals surface area contributed by atoms with Crippen molar-refractivity contribution in [2.24, 2.45) is 0 Å². The lowest BCUT2D eigenvalue weighted by Crippen LogP contribution is -2.55. The number of alkyl halides is 2. The molecular weight excluding hydrogens is 379 g/mol. The van der Waals surface area contributed by atoms with Crippen LogP contribution in [0, 0.1) is 0 Å². The van der Waals surface area contributed by atoms with E-state index in [0.29, 0.717) is 18.7 Å². The Bertz CT molecular complexity index is 764. The van der Waals surface area contributed by atoms with Crippen molar-refractivity contribution in [3.8, 4) is 0 Å². The van der Waals surface area contributed by atoms with E-state index in [4.69, 9.17) is 23.2 Å². The molecule has 0 saturated heterocycles. The van der Waals surface area contributed by atoms with Crippen molar-refractivity contribution in [1.29, 1.82) is 0 Å². The maximum absolute atomic E-state index is 12.8. The first-order valence-electron chi connectivity index (χ1n) is 8.07. The van der Waals surface area contributed by atoms with Gasteiger partial charge in [-0.2, -0.15) is 4.72 Å². The smallest absolute Gasteiger partial charge is 0.242 e. The fraction of sp³-hybridized carbons (Fsp3) is 0.333. The molecule has 2 aromatic rings. The average molecular weight is 401 g/mol. The molecule has 1 N–H and O–H groups in total. The van der Waals surface area contributed by atoms with Crippen LogP contribution < -0.4 is 4.72 Å². The van der Waals surface area contributed by atoms with Gasteiger partial charge in [0.05, 0.1) is 4.90 Å². The minimum Gasteiger partial charge on any atom is -0.285 e. The Hall–Kier alpha value is -1.11. The summed E-state index contributed by atoms with van der Waals surface area (Å²) < 4.78 is 26.8. The van der Waals surface area contributed by atoms with Gasteiger partial charge < -0.3 is 0 Å². The number of hydrogen-bond donors (Lipinski definition) is 1. The highest BCUT2D eigenvalue weighted by molar-refractivity contribution is 7.89. The number of hydrogen-bond acceptors (Lipinski definition) is 3. The van der Waals surface area contributed by atoms with Crippen molar-refractivity contribution in [3.05, 3.63) is 66.2 Å². The van der Waals surface area contributed by atoms with E-state index in [-0.39, 0.29) is 4.90 Å². The van der Waals surface area contributed by atoms with E-state index in [1.807, 2.05) is 36.9 Å². The summed E-state index contributed by atoms with van der Waals surface area (Å²) in [4.78, 5) is 2.05. The minimum atomic E-state index is -3.78. The van der Waals surface area contributed by atoms with Crippen LogP contribution in [0.15, 0.2) is 65.6 Å². The molecule has 0 aliphatic carbocycles. The largest absolute Gasteiger partial charge is 0.285 e. The van der Waals surface area contributed by atoms with Crippen molar-refractivity contribution >= 4 is 33.2 Å². The van der Waals surface area contributed by atoms with Gasteiger partial charge in [0.25, 0.3) is 0 Å². The number of benzene rings is 2. The molecule has 2 rings (SSSR count). The summed E-state index contributed by atoms with van der Waals surface area (Å²) in [6.07, 6.45) is -0.821. The third kappa shape index (κ3) is 4.74. The van der Waals surface area contributed by atoms with Gasteiger partial charge in [-0.15, -0.1) is 0 Å². The van der Waals surface area contributed by atoms with Gasteiger partial charge in [0.2, 0.25) is 10.0 Å². The lowest BCUT2D eigenvalue weighted by atomic mass is 10.1. The van der Waals surface area contributed by atoms with Crippen LogP contribution in [0.1, 0.15) is 19.4 Å². The van der Waals surface area contributed by atoms with E-state index in [1.54, 1.807) is 30.3 Å². The molecule has 1 unspecified atom stereocenters. The zero-order valence-corrected chi connectivity index (χ0v) is 16.5. The number of nitrogens with one attached hydrogen (secondary N) is 1. The van der Waals surface area contributed by atoms with Crippen LogP contribution in [-0.4, -0.2) is 32.6 Å². The lowest BCUT2D eigenvalue weighted by Gasteiger charge is -2.38. The van der Waals surface area contributed by atoms with E-state index in [9.17, 15) is 8.42 Å². The van der Waals surface area contributed by atoms with E-state index >= 15 is 0 Å². The molecule has 1 atom stereocenters. The zero-order chi connectivity index (χ0) is 18.5. The Labute approximate surface area is 159 Å². The van der Waals surface area contributed by atoms with Crippen molar-refractivity contribution in [2.75, 3.05) is 13.1 Å². The van der Waals surface area contributed by atoms with E-state index in [2.05, 4.69) is 4.72 Å². The van der Waals surface area contributed by atoms with Crippen LogP contribution in [0.25, 0.3) is 0 Å². The van der Waals surface area contributed by atoms with Gasteiger partial charge in [-0.1, -0.05) is 85.6 Å². The van der Waals surface area contributed by atoms with Crippen molar-refractivity contribution < 1.29 is 8.42 Å². The topological polar surface area (TPSA) is 49.4 Å². The van der Waals surface area contributed by atoms with Crippen molar-refractivity contribution in [1.82, 2.24) is 9.62 Å². The van der Waals surface area contributed by atoms with Gasteiger partial charge >= 0.3 is 0 Å².